The lowest BCUT2D eigenvalue weighted by Crippen LogP contribution is -2.33. The van der Waals surface area contributed by atoms with Gasteiger partial charge in [0.2, 0.25) is 0 Å². The van der Waals surface area contributed by atoms with Crippen molar-refractivity contribution in [2.75, 3.05) is 6.54 Å². The molecule has 0 aromatic carbocycles. The number of hydrogen-bond donors (Lipinski definition) is 1. The molecule has 108 valence electrons. The van der Waals surface area contributed by atoms with Crippen molar-refractivity contribution < 1.29 is 0 Å². The molecule has 1 unspecified atom stereocenters. The van der Waals surface area contributed by atoms with E-state index in [1.807, 2.05) is 4.68 Å². The first-order chi connectivity index (χ1) is 9.20. The average Bonchev–Trinajstić information content (AvgIpc) is 3.04. The second-order valence-corrected chi connectivity index (χ2v) is 6.06. The van der Waals surface area contributed by atoms with Gasteiger partial charge in [-0.3, -0.25) is 4.68 Å². The lowest BCUT2D eigenvalue weighted by molar-refractivity contribution is 0.304. The van der Waals surface area contributed by atoms with Crippen molar-refractivity contribution in [3.05, 3.63) is 12.2 Å². The molecule has 0 spiro atoms. The third kappa shape index (κ3) is 4.03. The van der Waals surface area contributed by atoms with Crippen molar-refractivity contribution in [2.24, 2.45) is 11.8 Å². The van der Waals surface area contributed by atoms with Gasteiger partial charge < -0.3 is 5.32 Å². The van der Waals surface area contributed by atoms with Crippen molar-refractivity contribution in [2.45, 2.75) is 65.5 Å². The molecule has 4 nitrogen and oxygen atoms in total. The molecule has 0 aliphatic heterocycles. The van der Waals surface area contributed by atoms with Gasteiger partial charge in [0.25, 0.3) is 0 Å². The fraction of sp³-hybridized carbons (Fsp3) is 0.867. The van der Waals surface area contributed by atoms with Crippen LogP contribution >= 0.6 is 0 Å². The quantitative estimate of drug-likeness (QED) is 0.823. The Bertz CT molecular complexity index is 366. The zero-order valence-corrected chi connectivity index (χ0v) is 12.6. The van der Waals surface area contributed by atoms with E-state index < -0.39 is 0 Å². The van der Waals surface area contributed by atoms with E-state index in [1.54, 1.807) is 6.33 Å². The molecule has 1 aliphatic rings. The van der Waals surface area contributed by atoms with Gasteiger partial charge in [-0.15, -0.1) is 0 Å². The van der Waals surface area contributed by atoms with Crippen molar-refractivity contribution in [3.63, 3.8) is 0 Å². The summed E-state index contributed by atoms with van der Waals surface area (Å²) in [4.78, 5) is 4.45. The molecule has 1 saturated carbocycles. The molecule has 2 rings (SSSR count). The van der Waals surface area contributed by atoms with Crippen LogP contribution in [0.25, 0.3) is 0 Å². The van der Waals surface area contributed by atoms with E-state index >= 15 is 0 Å². The summed E-state index contributed by atoms with van der Waals surface area (Å²) in [5, 5.41) is 7.91. The van der Waals surface area contributed by atoms with E-state index in [2.05, 4.69) is 36.2 Å². The van der Waals surface area contributed by atoms with Gasteiger partial charge in [-0.05, 0) is 25.3 Å². The second kappa shape index (κ2) is 7.04. The minimum absolute atomic E-state index is 0.563. The Morgan fingerprint density at radius 2 is 2.11 bits per heavy atom. The Balaban J connectivity index is 1.99. The molecule has 1 fully saturated rings. The van der Waals surface area contributed by atoms with Crippen LogP contribution in [0.5, 0.6) is 0 Å². The second-order valence-electron chi connectivity index (χ2n) is 6.06. The van der Waals surface area contributed by atoms with E-state index in [0.717, 1.165) is 31.3 Å². The molecule has 1 aromatic heterocycles. The van der Waals surface area contributed by atoms with E-state index in [0.29, 0.717) is 12.0 Å². The highest BCUT2D eigenvalue weighted by atomic mass is 15.3. The first kappa shape index (κ1) is 14.5. The fourth-order valence-corrected chi connectivity index (χ4v) is 3.17. The van der Waals surface area contributed by atoms with Gasteiger partial charge in [-0.2, -0.15) is 5.10 Å². The summed E-state index contributed by atoms with van der Waals surface area (Å²) in [5.41, 5.74) is 0. The van der Waals surface area contributed by atoms with Crippen LogP contribution in [0.2, 0.25) is 0 Å². The maximum atomic E-state index is 4.45. The average molecular weight is 264 g/mol. The first-order valence-corrected chi connectivity index (χ1v) is 7.80. The van der Waals surface area contributed by atoms with Crippen LogP contribution in [0, 0.1) is 11.8 Å². The van der Waals surface area contributed by atoms with Gasteiger partial charge in [0.1, 0.15) is 12.2 Å². The summed E-state index contributed by atoms with van der Waals surface area (Å²) in [6.45, 7) is 8.61. The number of aromatic nitrogens is 3. The minimum atomic E-state index is 0.563. The Hall–Kier alpha value is -0.900. The molecule has 0 saturated heterocycles. The zero-order chi connectivity index (χ0) is 13.7. The lowest BCUT2D eigenvalue weighted by Gasteiger charge is -2.24. The number of nitrogens with one attached hydrogen (secondary N) is 1. The van der Waals surface area contributed by atoms with E-state index in [-0.39, 0.29) is 0 Å². The maximum absolute atomic E-state index is 4.45. The highest BCUT2D eigenvalue weighted by Crippen LogP contribution is 2.32. The topological polar surface area (TPSA) is 42.7 Å². The van der Waals surface area contributed by atoms with Crippen molar-refractivity contribution in [1.82, 2.24) is 20.1 Å². The summed E-state index contributed by atoms with van der Waals surface area (Å²) >= 11 is 0. The lowest BCUT2D eigenvalue weighted by atomic mass is 9.87. The molecule has 1 N–H and O–H groups in total. The number of nitrogens with zero attached hydrogens (tertiary/aromatic N) is 3. The molecule has 1 heterocycles. The monoisotopic (exact) mass is 264 g/mol. The maximum Gasteiger partial charge on any atom is 0.138 e. The van der Waals surface area contributed by atoms with Crippen molar-refractivity contribution in [3.8, 4) is 0 Å². The summed E-state index contributed by atoms with van der Waals surface area (Å²) in [6.07, 6.45) is 8.36. The standard InChI is InChI=1S/C15H28N4/c1-4-19-15(17-11-18-19)9-14(10-16-12(2)3)13-7-5-6-8-13/h11-14,16H,4-10H2,1-3H3. The number of rotatable bonds is 7. The van der Waals surface area contributed by atoms with Crippen LogP contribution < -0.4 is 5.32 Å². The van der Waals surface area contributed by atoms with E-state index in [1.165, 1.54) is 25.7 Å². The first-order valence-electron chi connectivity index (χ1n) is 7.80. The molecule has 19 heavy (non-hydrogen) atoms. The highest BCUT2D eigenvalue weighted by molar-refractivity contribution is 4.91. The fourth-order valence-electron chi connectivity index (χ4n) is 3.17. The molecule has 1 atom stereocenters. The smallest absolute Gasteiger partial charge is 0.138 e. The molecule has 0 radical (unpaired) electrons. The molecular formula is C15H28N4. The van der Waals surface area contributed by atoms with Crippen molar-refractivity contribution in [1.29, 1.82) is 0 Å². The van der Waals surface area contributed by atoms with Gasteiger partial charge in [0, 0.05) is 19.0 Å². The predicted molar refractivity (Wildman–Crippen MR) is 78.0 cm³/mol. The zero-order valence-electron chi connectivity index (χ0n) is 12.6. The summed E-state index contributed by atoms with van der Waals surface area (Å²) in [7, 11) is 0. The van der Waals surface area contributed by atoms with Crippen LogP contribution in [0.15, 0.2) is 6.33 Å². The number of aryl methyl sites for hydroxylation is 1. The van der Waals surface area contributed by atoms with Crippen LogP contribution in [0.1, 0.15) is 52.3 Å². The Morgan fingerprint density at radius 3 is 2.74 bits per heavy atom. The van der Waals surface area contributed by atoms with Crippen LogP contribution in [-0.2, 0) is 13.0 Å². The Morgan fingerprint density at radius 1 is 1.37 bits per heavy atom. The third-order valence-corrected chi connectivity index (χ3v) is 4.29. The van der Waals surface area contributed by atoms with E-state index in [9.17, 15) is 0 Å². The van der Waals surface area contributed by atoms with Crippen LogP contribution in [-0.4, -0.2) is 27.4 Å². The molecule has 1 aromatic rings. The summed E-state index contributed by atoms with van der Waals surface area (Å²) in [6, 6.07) is 0.563. The summed E-state index contributed by atoms with van der Waals surface area (Å²) in [5.74, 6) is 2.73. The molecule has 0 amide bonds. The summed E-state index contributed by atoms with van der Waals surface area (Å²) < 4.78 is 2.04. The SMILES string of the molecule is CCn1ncnc1CC(CNC(C)C)C1CCCC1. The van der Waals surface area contributed by atoms with Gasteiger partial charge in [0.05, 0.1) is 0 Å². The van der Waals surface area contributed by atoms with Gasteiger partial charge in [-0.25, -0.2) is 4.98 Å². The Labute approximate surface area is 117 Å². The Kier molecular flexibility index (Phi) is 5.37. The van der Waals surface area contributed by atoms with Crippen LogP contribution in [0.3, 0.4) is 0 Å². The number of hydrogen-bond acceptors (Lipinski definition) is 3. The molecule has 4 heteroatoms. The van der Waals surface area contributed by atoms with Crippen LogP contribution in [0.4, 0.5) is 0 Å². The largest absolute Gasteiger partial charge is 0.314 e. The third-order valence-electron chi connectivity index (χ3n) is 4.29. The van der Waals surface area contributed by atoms with E-state index in [4.69, 9.17) is 0 Å². The molecule has 1 aliphatic carbocycles. The predicted octanol–water partition coefficient (Wildman–Crippen LogP) is 2.64. The van der Waals surface area contributed by atoms with Crippen molar-refractivity contribution >= 4 is 0 Å². The molecular weight excluding hydrogens is 236 g/mol. The van der Waals surface area contributed by atoms with Gasteiger partial charge >= 0.3 is 0 Å². The normalized spacial score (nSPS) is 18.3. The highest BCUT2D eigenvalue weighted by Gasteiger charge is 2.26. The molecule has 0 bridgehead atoms. The van der Waals surface area contributed by atoms with Gasteiger partial charge in [-0.1, -0.05) is 39.5 Å². The minimum Gasteiger partial charge on any atom is -0.314 e. The van der Waals surface area contributed by atoms with Gasteiger partial charge in [0.15, 0.2) is 0 Å².